The molecule has 2 rings (SSSR count). The maximum absolute atomic E-state index is 11.3. The zero-order chi connectivity index (χ0) is 13.8. The fourth-order valence-corrected chi connectivity index (χ4v) is 2.03. The lowest BCUT2D eigenvalue weighted by molar-refractivity contribution is 0.0997. The average Bonchev–Trinajstić information content (AvgIpc) is 2.41. The third-order valence-corrected chi connectivity index (χ3v) is 3.08. The Labute approximate surface area is 118 Å². The van der Waals surface area contributed by atoms with Crippen molar-refractivity contribution in [2.24, 2.45) is 5.73 Å². The number of carbonyl (C=O) groups is 2. The van der Waals surface area contributed by atoms with E-state index in [0.29, 0.717) is 27.1 Å². The van der Waals surface area contributed by atoms with Gasteiger partial charge in [-0.05, 0) is 46.3 Å². The Morgan fingerprint density at radius 3 is 2.53 bits per heavy atom. The molecule has 5 heteroatoms. The molecule has 2 N–H and O–H groups in total. The van der Waals surface area contributed by atoms with Gasteiger partial charge in [0.1, 0.15) is 17.8 Å². The van der Waals surface area contributed by atoms with E-state index in [9.17, 15) is 9.59 Å². The highest BCUT2D eigenvalue weighted by molar-refractivity contribution is 9.10. The van der Waals surface area contributed by atoms with E-state index in [1.165, 1.54) is 0 Å². The molecule has 2 aromatic carbocycles. The number of benzene rings is 2. The Morgan fingerprint density at radius 2 is 1.89 bits per heavy atom. The fraction of sp³-hybridized carbons (Fsp3) is 0. The van der Waals surface area contributed by atoms with Gasteiger partial charge in [-0.3, -0.25) is 9.59 Å². The zero-order valence-electron chi connectivity index (χ0n) is 9.80. The van der Waals surface area contributed by atoms with Crippen molar-refractivity contribution < 1.29 is 14.3 Å². The van der Waals surface area contributed by atoms with Gasteiger partial charge in [0.2, 0.25) is 0 Å². The van der Waals surface area contributed by atoms with Crippen molar-refractivity contribution in [2.75, 3.05) is 0 Å². The lowest BCUT2D eigenvalue weighted by Crippen LogP contribution is -2.12. The highest BCUT2D eigenvalue weighted by atomic mass is 79.9. The molecule has 4 nitrogen and oxygen atoms in total. The Bertz CT molecular complexity index is 640. The summed E-state index contributed by atoms with van der Waals surface area (Å²) in [6, 6.07) is 11.6. The molecule has 0 aliphatic rings. The fourth-order valence-electron chi connectivity index (χ4n) is 1.55. The molecule has 0 bridgehead atoms. The number of amides is 1. The molecule has 2 aromatic rings. The molecule has 0 unspecified atom stereocenters. The molecule has 19 heavy (non-hydrogen) atoms. The predicted octanol–water partition coefficient (Wildman–Crippen LogP) is 3.15. The molecular weight excluding hydrogens is 310 g/mol. The molecule has 0 saturated heterocycles. The third-order valence-electron chi connectivity index (χ3n) is 2.46. The largest absolute Gasteiger partial charge is 0.455 e. The molecule has 0 saturated carbocycles. The summed E-state index contributed by atoms with van der Waals surface area (Å²) in [6.45, 7) is 0. The van der Waals surface area contributed by atoms with Crippen molar-refractivity contribution in [2.45, 2.75) is 0 Å². The summed E-state index contributed by atoms with van der Waals surface area (Å²) in [5.74, 6) is 0.310. The van der Waals surface area contributed by atoms with E-state index in [4.69, 9.17) is 10.5 Å². The SMILES string of the molecule is NC(=O)c1ccccc1Oc1ccc(C=O)cc1Br. The van der Waals surface area contributed by atoms with E-state index in [0.717, 1.165) is 6.29 Å². The first-order valence-electron chi connectivity index (χ1n) is 5.43. The quantitative estimate of drug-likeness (QED) is 0.880. The van der Waals surface area contributed by atoms with Gasteiger partial charge in [0.25, 0.3) is 5.91 Å². The summed E-state index contributed by atoms with van der Waals surface area (Å²) >= 11 is 3.31. The highest BCUT2D eigenvalue weighted by Crippen LogP contribution is 2.31. The maximum atomic E-state index is 11.3. The second-order valence-corrected chi connectivity index (χ2v) is 4.62. The van der Waals surface area contributed by atoms with Gasteiger partial charge in [0, 0.05) is 5.56 Å². The first kappa shape index (κ1) is 13.3. The smallest absolute Gasteiger partial charge is 0.252 e. The molecular formula is C14H10BrNO3. The lowest BCUT2D eigenvalue weighted by atomic mass is 10.2. The molecule has 0 aliphatic carbocycles. The lowest BCUT2D eigenvalue weighted by Gasteiger charge is -2.10. The van der Waals surface area contributed by atoms with Crippen molar-refractivity contribution in [3.8, 4) is 11.5 Å². The molecule has 0 fully saturated rings. The molecule has 0 aliphatic heterocycles. The Morgan fingerprint density at radius 1 is 1.16 bits per heavy atom. The highest BCUT2D eigenvalue weighted by Gasteiger charge is 2.11. The normalized spacial score (nSPS) is 9.95. The summed E-state index contributed by atoms with van der Waals surface area (Å²) < 4.78 is 6.26. The third kappa shape index (κ3) is 3.00. The van der Waals surface area contributed by atoms with E-state index < -0.39 is 5.91 Å². The monoisotopic (exact) mass is 319 g/mol. The van der Waals surface area contributed by atoms with Crippen molar-refractivity contribution in [1.29, 1.82) is 0 Å². The number of aldehydes is 1. The number of ether oxygens (including phenoxy) is 1. The van der Waals surface area contributed by atoms with Gasteiger partial charge in [-0.15, -0.1) is 0 Å². The van der Waals surface area contributed by atoms with Gasteiger partial charge < -0.3 is 10.5 Å². The number of rotatable bonds is 4. The molecule has 1 amide bonds. The van der Waals surface area contributed by atoms with Crippen LogP contribution in [-0.4, -0.2) is 12.2 Å². The van der Waals surface area contributed by atoms with E-state index in [-0.39, 0.29) is 0 Å². The Balaban J connectivity index is 2.36. The van der Waals surface area contributed by atoms with Crippen LogP contribution in [0, 0.1) is 0 Å². The molecule has 96 valence electrons. The Hall–Kier alpha value is -2.14. The molecule has 0 heterocycles. The molecule has 0 radical (unpaired) electrons. The summed E-state index contributed by atoms with van der Waals surface area (Å²) in [5.41, 5.74) is 6.10. The van der Waals surface area contributed by atoms with Crippen molar-refractivity contribution in [1.82, 2.24) is 0 Å². The van der Waals surface area contributed by atoms with Crippen LogP contribution < -0.4 is 10.5 Å². The van der Waals surface area contributed by atoms with E-state index in [2.05, 4.69) is 15.9 Å². The first-order chi connectivity index (χ1) is 9.11. The van der Waals surface area contributed by atoms with Crippen LogP contribution in [0.1, 0.15) is 20.7 Å². The second-order valence-electron chi connectivity index (χ2n) is 3.77. The van der Waals surface area contributed by atoms with Gasteiger partial charge in [-0.1, -0.05) is 12.1 Å². The molecule has 0 spiro atoms. The maximum Gasteiger partial charge on any atom is 0.252 e. The number of hydrogen-bond donors (Lipinski definition) is 1. The standard InChI is InChI=1S/C14H10BrNO3/c15-11-7-9(8-17)5-6-13(11)19-12-4-2-1-3-10(12)14(16)18/h1-8H,(H2,16,18). The van der Waals surface area contributed by atoms with Crippen LogP contribution >= 0.6 is 15.9 Å². The van der Waals surface area contributed by atoms with Crippen molar-refractivity contribution in [3.05, 3.63) is 58.1 Å². The minimum atomic E-state index is -0.559. The number of carbonyl (C=O) groups excluding carboxylic acids is 2. The van der Waals surface area contributed by atoms with E-state index >= 15 is 0 Å². The van der Waals surface area contributed by atoms with Gasteiger partial charge in [-0.2, -0.15) is 0 Å². The van der Waals surface area contributed by atoms with E-state index in [1.54, 1.807) is 42.5 Å². The summed E-state index contributed by atoms with van der Waals surface area (Å²) in [7, 11) is 0. The first-order valence-corrected chi connectivity index (χ1v) is 6.22. The minimum absolute atomic E-state index is 0.300. The zero-order valence-corrected chi connectivity index (χ0v) is 11.4. The number of hydrogen-bond acceptors (Lipinski definition) is 3. The van der Waals surface area contributed by atoms with Gasteiger partial charge >= 0.3 is 0 Å². The molecule has 0 atom stereocenters. The van der Waals surface area contributed by atoms with Crippen LogP contribution in [0.2, 0.25) is 0 Å². The van der Waals surface area contributed by atoms with Crippen LogP contribution in [0.5, 0.6) is 11.5 Å². The number of para-hydroxylation sites is 1. The predicted molar refractivity (Wildman–Crippen MR) is 74.6 cm³/mol. The van der Waals surface area contributed by atoms with Crippen molar-refractivity contribution in [3.63, 3.8) is 0 Å². The van der Waals surface area contributed by atoms with Crippen LogP contribution in [-0.2, 0) is 0 Å². The average molecular weight is 320 g/mol. The van der Waals surface area contributed by atoms with Crippen LogP contribution in [0.3, 0.4) is 0 Å². The van der Waals surface area contributed by atoms with Crippen LogP contribution in [0.4, 0.5) is 0 Å². The van der Waals surface area contributed by atoms with E-state index in [1.807, 2.05) is 0 Å². The molecule has 0 aromatic heterocycles. The van der Waals surface area contributed by atoms with Gasteiger partial charge in [-0.25, -0.2) is 0 Å². The number of nitrogens with two attached hydrogens (primary N) is 1. The summed E-state index contributed by atoms with van der Waals surface area (Å²) in [4.78, 5) is 21.9. The second kappa shape index (κ2) is 5.67. The number of halogens is 1. The van der Waals surface area contributed by atoms with Gasteiger partial charge in [0.05, 0.1) is 10.0 Å². The topological polar surface area (TPSA) is 69.4 Å². The number of primary amides is 1. The van der Waals surface area contributed by atoms with Crippen LogP contribution in [0.15, 0.2) is 46.9 Å². The van der Waals surface area contributed by atoms with Crippen molar-refractivity contribution >= 4 is 28.1 Å². The Kier molecular flexibility index (Phi) is 3.97. The summed E-state index contributed by atoms with van der Waals surface area (Å²) in [5, 5.41) is 0. The van der Waals surface area contributed by atoms with Crippen LogP contribution in [0.25, 0.3) is 0 Å². The van der Waals surface area contributed by atoms with Gasteiger partial charge in [0.15, 0.2) is 0 Å². The minimum Gasteiger partial charge on any atom is -0.455 e. The summed E-state index contributed by atoms with van der Waals surface area (Å²) in [6.07, 6.45) is 0.742.